The van der Waals surface area contributed by atoms with Crippen LogP contribution in [0.2, 0.25) is 0 Å². The first-order valence-electron chi connectivity index (χ1n) is 5.51. The van der Waals surface area contributed by atoms with E-state index in [0.717, 1.165) is 11.3 Å². The van der Waals surface area contributed by atoms with Crippen LogP contribution in [0.25, 0.3) is 0 Å². The Labute approximate surface area is 101 Å². The summed E-state index contributed by atoms with van der Waals surface area (Å²) >= 11 is 0. The van der Waals surface area contributed by atoms with Crippen molar-refractivity contribution >= 4 is 0 Å². The highest BCUT2D eigenvalue weighted by Gasteiger charge is 2.50. The summed E-state index contributed by atoms with van der Waals surface area (Å²) in [5.74, 6) is 2.11. The fourth-order valence-electron chi connectivity index (χ4n) is 1.97. The molecule has 1 heterocycles. The molecule has 0 amide bonds. The molecule has 1 atom stereocenters. The minimum Gasteiger partial charge on any atom is -0.496 e. The first-order chi connectivity index (χ1) is 8.03. The Kier molecular flexibility index (Phi) is 2.91. The van der Waals surface area contributed by atoms with Crippen molar-refractivity contribution in [3.8, 4) is 17.2 Å². The van der Waals surface area contributed by atoms with Crippen LogP contribution in [-0.4, -0.2) is 26.9 Å². The van der Waals surface area contributed by atoms with Gasteiger partial charge in [-0.1, -0.05) is 0 Å². The van der Waals surface area contributed by atoms with Crippen molar-refractivity contribution in [1.29, 1.82) is 0 Å². The third-order valence-electron chi connectivity index (χ3n) is 3.01. The monoisotopic (exact) mass is 238 g/mol. The molecule has 0 N–H and O–H groups in total. The van der Waals surface area contributed by atoms with E-state index in [2.05, 4.69) is 0 Å². The highest BCUT2D eigenvalue weighted by Crippen LogP contribution is 2.53. The third kappa shape index (κ3) is 2.05. The largest absolute Gasteiger partial charge is 0.496 e. The summed E-state index contributed by atoms with van der Waals surface area (Å²) in [4.78, 5) is 0. The van der Waals surface area contributed by atoms with Crippen LogP contribution in [0.4, 0.5) is 0 Å². The molecule has 2 rings (SSSR count). The van der Waals surface area contributed by atoms with E-state index in [1.54, 1.807) is 21.3 Å². The molecule has 1 unspecified atom stereocenters. The smallest absolute Gasteiger partial charge is 0.164 e. The molecule has 0 saturated carbocycles. The van der Waals surface area contributed by atoms with Gasteiger partial charge in [-0.15, -0.1) is 0 Å². The second-order valence-electron chi connectivity index (χ2n) is 4.55. The molecule has 17 heavy (non-hydrogen) atoms. The zero-order chi connectivity index (χ0) is 12.6. The molecule has 1 fully saturated rings. The van der Waals surface area contributed by atoms with Gasteiger partial charge in [-0.3, -0.25) is 0 Å². The molecule has 4 nitrogen and oxygen atoms in total. The van der Waals surface area contributed by atoms with Gasteiger partial charge in [-0.2, -0.15) is 0 Å². The van der Waals surface area contributed by atoms with E-state index in [-0.39, 0.29) is 11.7 Å². The predicted octanol–water partition coefficient (Wildman–Crippen LogP) is 2.56. The average Bonchev–Trinajstić information content (AvgIpc) is 2.96. The van der Waals surface area contributed by atoms with Gasteiger partial charge in [0.1, 0.15) is 11.9 Å². The zero-order valence-corrected chi connectivity index (χ0v) is 10.9. The van der Waals surface area contributed by atoms with Gasteiger partial charge in [0.05, 0.1) is 26.9 Å². The highest BCUT2D eigenvalue weighted by atomic mass is 16.6. The van der Waals surface area contributed by atoms with Crippen molar-refractivity contribution in [2.45, 2.75) is 25.6 Å². The summed E-state index contributed by atoms with van der Waals surface area (Å²) in [5.41, 5.74) is 0.863. The van der Waals surface area contributed by atoms with E-state index in [1.165, 1.54) is 0 Å². The Morgan fingerprint density at radius 3 is 1.82 bits per heavy atom. The number of rotatable bonds is 4. The molecule has 0 spiro atoms. The van der Waals surface area contributed by atoms with Gasteiger partial charge in [0, 0.05) is 11.6 Å². The van der Waals surface area contributed by atoms with Crippen LogP contribution in [0.5, 0.6) is 17.2 Å². The molecular formula is C13H18O4. The lowest BCUT2D eigenvalue weighted by Gasteiger charge is -2.13. The van der Waals surface area contributed by atoms with E-state index in [0.29, 0.717) is 11.5 Å². The molecule has 0 radical (unpaired) electrons. The first-order valence-corrected chi connectivity index (χ1v) is 5.51. The van der Waals surface area contributed by atoms with Crippen molar-refractivity contribution in [2.24, 2.45) is 0 Å². The average molecular weight is 238 g/mol. The zero-order valence-electron chi connectivity index (χ0n) is 10.9. The number of ether oxygens (including phenoxy) is 4. The van der Waals surface area contributed by atoms with Crippen LogP contribution in [0.3, 0.4) is 0 Å². The van der Waals surface area contributed by atoms with Gasteiger partial charge in [-0.25, -0.2) is 0 Å². The van der Waals surface area contributed by atoms with Gasteiger partial charge < -0.3 is 18.9 Å². The van der Waals surface area contributed by atoms with Gasteiger partial charge in [-0.05, 0) is 19.9 Å². The maximum absolute atomic E-state index is 5.63. The Bertz CT molecular complexity index is 426. The summed E-state index contributed by atoms with van der Waals surface area (Å²) in [6.07, 6.45) is 0.0530. The van der Waals surface area contributed by atoms with Crippen molar-refractivity contribution in [3.05, 3.63) is 17.7 Å². The molecule has 4 heteroatoms. The van der Waals surface area contributed by atoms with Crippen LogP contribution in [-0.2, 0) is 4.74 Å². The second kappa shape index (κ2) is 4.11. The van der Waals surface area contributed by atoms with E-state index < -0.39 is 0 Å². The lowest BCUT2D eigenvalue weighted by Crippen LogP contribution is -2.01. The van der Waals surface area contributed by atoms with Crippen molar-refractivity contribution in [1.82, 2.24) is 0 Å². The quantitative estimate of drug-likeness (QED) is 0.756. The summed E-state index contributed by atoms with van der Waals surface area (Å²) in [7, 11) is 4.86. The standard InChI is InChI=1S/C13H18O4/c1-13(2)12(17-13)8-6-10(15-4)11(16-5)7-9(8)14-3/h6-7,12H,1-5H3. The van der Waals surface area contributed by atoms with Crippen LogP contribution in [0.15, 0.2) is 12.1 Å². The number of hydrogen-bond acceptors (Lipinski definition) is 4. The van der Waals surface area contributed by atoms with Crippen molar-refractivity contribution in [3.63, 3.8) is 0 Å². The molecule has 1 saturated heterocycles. The number of hydrogen-bond donors (Lipinski definition) is 0. The van der Waals surface area contributed by atoms with Crippen molar-refractivity contribution in [2.75, 3.05) is 21.3 Å². The van der Waals surface area contributed by atoms with Gasteiger partial charge in [0.25, 0.3) is 0 Å². The lowest BCUT2D eigenvalue weighted by atomic mass is 10.0. The molecule has 1 aromatic rings. The molecule has 0 bridgehead atoms. The minimum atomic E-state index is -0.132. The third-order valence-corrected chi connectivity index (χ3v) is 3.01. The van der Waals surface area contributed by atoms with Gasteiger partial charge in [0.15, 0.2) is 11.5 Å². The maximum Gasteiger partial charge on any atom is 0.164 e. The summed E-state index contributed by atoms with van der Waals surface area (Å²) in [5, 5.41) is 0. The second-order valence-corrected chi connectivity index (χ2v) is 4.55. The molecular weight excluding hydrogens is 220 g/mol. The molecule has 0 aliphatic carbocycles. The molecule has 1 aromatic carbocycles. The molecule has 1 aliphatic rings. The maximum atomic E-state index is 5.63. The molecule has 0 aromatic heterocycles. The summed E-state index contributed by atoms with van der Waals surface area (Å²) in [6.45, 7) is 4.10. The van der Waals surface area contributed by atoms with E-state index in [1.807, 2.05) is 26.0 Å². The number of benzene rings is 1. The van der Waals surface area contributed by atoms with Crippen LogP contribution in [0, 0.1) is 0 Å². The Morgan fingerprint density at radius 2 is 1.41 bits per heavy atom. The van der Waals surface area contributed by atoms with E-state index >= 15 is 0 Å². The Balaban J connectivity index is 2.44. The number of methoxy groups -OCH3 is 3. The van der Waals surface area contributed by atoms with E-state index in [4.69, 9.17) is 18.9 Å². The van der Waals surface area contributed by atoms with Crippen LogP contribution >= 0.6 is 0 Å². The topological polar surface area (TPSA) is 40.2 Å². The number of epoxide rings is 1. The Morgan fingerprint density at radius 1 is 0.941 bits per heavy atom. The van der Waals surface area contributed by atoms with Crippen molar-refractivity contribution < 1.29 is 18.9 Å². The minimum absolute atomic E-state index is 0.0530. The first kappa shape index (κ1) is 12.0. The van der Waals surface area contributed by atoms with E-state index in [9.17, 15) is 0 Å². The normalized spacial score (nSPS) is 20.9. The summed E-state index contributed by atoms with van der Waals surface area (Å²) < 4.78 is 21.5. The predicted molar refractivity (Wildman–Crippen MR) is 64.0 cm³/mol. The molecule has 1 aliphatic heterocycles. The fourth-order valence-corrected chi connectivity index (χ4v) is 1.97. The Hall–Kier alpha value is -1.42. The van der Waals surface area contributed by atoms with Crippen LogP contribution < -0.4 is 14.2 Å². The fraction of sp³-hybridized carbons (Fsp3) is 0.538. The van der Waals surface area contributed by atoms with Gasteiger partial charge in [0.2, 0.25) is 0 Å². The highest BCUT2D eigenvalue weighted by molar-refractivity contribution is 5.53. The lowest BCUT2D eigenvalue weighted by molar-refractivity contribution is 0.319. The molecule has 94 valence electrons. The summed E-state index contributed by atoms with van der Waals surface area (Å²) in [6, 6.07) is 3.74. The van der Waals surface area contributed by atoms with Crippen LogP contribution in [0.1, 0.15) is 25.5 Å². The van der Waals surface area contributed by atoms with Gasteiger partial charge >= 0.3 is 0 Å². The SMILES string of the molecule is COc1cc(OC)c(C2OC2(C)C)cc1OC.